The van der Waals surface area contributed by atoms with Crippen molar-refractivity contribution >= 4 is 5.57 Å². The summed E-state index contributed by atoms with van der Waals surface area (Å²) in [6.45, 7) is 0. The van der Waals surface area contributed by atoms with Crippen LogP contribution in [0.5, 0.6) is 0 Å². The summed E-state index contributed by atoms with van der Waals surface area (Å²) in [5, 5.41) is 9.52. The van der Waals surface area contributed by atoms with E-state index >= 15 is 0 Å². The van der Waals surface area contributed by atoms with Gasteiger partial charge in [-0.05, 0) is 91.0 Å². The zero-order chi connectivity index (χ0) is 32.5. The van der Waals surface area contributed by atoms with E-state index < -0.39 is 0 Å². The minimum Gasteiger partial charge on any atom is -0.256 e. The standard InChI is InChI=1S/C47H30N2/c48-29-30-23-24-49-45(25-30)34-14-10-13-32(26-34)33-21-22-39-43(27-33)47(41-19-8-6-16-36(41)37-17-7-9-20-42(37)47)44-28-40(31-11-2-1-3-12-31)35-15-4-5-18-38(35)46(39)44/h1-28,44,46H. The SMILES string of the molecule is N#Cc1ccnc(-c2cccc(-c3ccc4c(c3)C3(c5ccccc5-c5ccccc53)C3C=C(c5ccccc5)c5ccccc5C43)c2)c1. The van der Waals surface area contributed by atoms with Gasteiger partial charge < -0.3 is 0 Å². The lowest BCUT2D eigenvalue weighted by molar-refractivity contribution is 0.459. The van der Waals surface area contributed by atoms with Crippen LogP contribution in [0.1, 0.15) is 50.4 Å². The van der Waals surface area contributed by atoms with Crippen LogP contribution in [0, 0.1) is 17.2 Å². The number of nitrogens with zero attached hydrogens (tertiary/aromatic N) is 2. The Morgan fingerprint density at radius 1 is 0.510 bits per heavy atom. The van der Waals surface area contributed by atoms with Gasteiger partial charge in [0.15, 0.2) is 0 Å². The lowest BCUT2D eigenvalue weighted by Crippen LogP contribution is -2.34. The van der Waals surface area contributed by atoms with Gasteiger partial charge in [0.1, 0.15) is 0 Å². The van der Waals surface area contributed by atoms with E-state index in [0.717, 1.165) is 16.8 Å². The van der Waals surface area contributed by atoms with Gasteiger partial charge in [-0.2, -0.15) is 5.26 Å². The van der Waals surface area contributed by atoms with Gasteiger partial charge in [0.2, 0.25) is 0 Å². The maximum Gasteiger partial charge on any atom is 0.0992 e. The molecule has 2 heteroatoms. The third-order valence-corrected chi connectivity index (χ3v) is 11.1. The van der Waals surface area contributed by atoms with Crippen LogP contribution in [-0.4, -0.2) is 4.98 Å². The number of nitriles is 1. The molecule has 2 atom stereocenters. The number of benzene rings is 6. The quantitative estimate of drug-likeness (QED) is 0.197. The zero-order valence-corrected chi connectivity index (χ0v) is 26.7. The second-order valence-corrected chi connectivity index (χ2v) is 13.4. The minimum absolute atomic E-state index is 0.178. The van der Waals surface area contributed by atoms with E-state index in [1.165, 1.54) is 61.2 Å². The van der Waals surface area contributed by atoms with Crippen molar-refractivity contribution < 1.29 is 0 Å². The van der Waals surface area contributed by atoms with Crippen molar-refractivity contribution in [1.29, 1.82) is 5.26 Å². The first-order valence-electron chi connectivity index (χ1n) is 16.9. The van der Waals surface area contributed by atoms with E-state index in [1.54, 1.807) is 12.3 Å². The number of aromatic nitrogens is 1. The smallest absolute Gasteiger partial charge is 0.0992 e. The second-order valence-electron chi connectivity index (χ2n) is 13.4. The maximum absolute atomic E-state index is 9.52. The fourth-order valence-corrected chi connectivity index (χ4v) is 9.14. The number of hydrogen-bond acceptors (Lipinski definition) is 2. The Bertz CT molecular complexity index is 2490. The summed E-state index contributed by atoms with van der Waals surface area (Å²) < 4.78 is 0. The number of hydrogen-bond donors (Lipinski definition) is 0. The van der Waals surface area contributed by atoms with E-state index in [9.17, 15) is 5.26 Å². The van der Waals surface area contributed by atoms with Gasteiger partial charge in [-0.3, -0.25) is 4.98 Å². The molecule has 228 valence electrons. The van der Waals surface area contributed by atoms with E-state index in [2.05, 4.69) is 163 Å². The normalized spacial score (nSPS) is 17.2. The number of fused-ring (bicyclic) bond motifs is 12. The Kier molecular flexibility index (Phi) is 6.01. The Balaban J connectivity index is 1.25. The van der Waals surface area contributed by atoms with Crippen LogP contribution in [0.3, 0.4) is 0 Å². The molecule has 0 radical (unpaired) electrons. The van der Waals surface area contributed by atoms with Crippen molar-refractivity contribution in [3.05, 3.63) is 215 Å². The molecular formula is C47H30N2. The summed E-state index contributed by atoms with van der Waals surface area (Å²) >= 11 is 0. The molecule has 0 N–H and O–H groups in total. The number of allylic oxidation sites excluding steroid dienone is 1. The predicted octanol–water partition coefficient (Wildman–Crippen LogP) is 10.8. The van der Waals surface area contributed by atoms with Gasteiger partial charge in [0.05, 0.1) is 22.7 Å². The van der Waals surface area contributed by atoms with Crippen LogP contribution < -0.4 is 0 Å². The van der Waals surface area contributed by atoms with Crippen LogP contribution in [0.2, 0.25) is 0 Å². The van der Waals surface area contributed by atoms with Gasteiger partial charge in [-0.1, -0.05) is 140 Å². The lowest BCUT2D eigenvalue weighted by Gasteiger charge is -2.39. The second kappa shape index (κ2) is 10.6. The lowest BCUT2D eigenvalue weighted by atomic mass is 9.62. The molecule has 1 aromatic heterocycles. The highest BCUT2D eigenvalue weighted by Gasteiger charge is 2.58. The van der Waals surface area contributed by atoms with Gasteiger partial charge >= 0.3 is 0 Å². The molecule has 0 amide bonds. The summed E-state index contributed by atoms with van der Waals surface area (Å²) in [6, 6.07) is 59.7. The molecule has 2 nitrogen and oxygen atoms in total. The molecule has 49 heavy (non-hydrogen) atoms. The van der Waals surface area contributed by atoms with Crippen molar-refractivity contribution in [2.24, 2.45) is 5.92 Å². The van der Waals surface area contributed by atoms with Crippen molar-refractivity contribution in [1.82, 2.24) is 4.98 Å². The molecule has 0 saturated heterocycles. The molecule has 1 heterocycles. The van der Waals surface area contributed by atoms with E-state index in [0.29, 0.717) is 5.56 Å². The number of rotatable bonds is 3. The Labute approximate surface area is 286 Å². The molecular weight excluding hydrogens is 593 g/mol. The Hall–Kier alpha value is -6.30. The summed E-state index contributed by atoms with van der Waals surface area (Å²) in [7, 11) is 0. The van der Waals surface area contributed by atoms with Crippen molar-refractivity contribution in [2.45, 2.75) is 11.3 Å². The Morgan fingerprint density at radius 2 is 1.16 bits per heavy atom. The third kappa shape index (κ3) is 3.91. The molecule has 3 aliphatic carbocycles. The van der Waals surface area contributed by atoms with Crippen LogP contribution in [0.4, 0.5) is 0 Å². The molecule has 10 rings (SSSR count). The predicted molar refractivity (Wildman–Crippen MR) is 197 cm³/mol. The molecule has 0 fully saturated rings. The third-order valence-electron chi connectivity index (χ3n) is 11.1. The Morgan fingerprint density at radius 3 is 1.94 bits per heavy atom. The van der Waals surface area contributed by atoms with Gasteiger partial charge in [0.25, 0.3) is 0 Å². The molecule has 1 spiro atoms. The summed E-state index contributed by atoms with van der Waals surface area (Å²) in [5.74, 6) is 0.382. The summed E-state index contributed by atoms with van der Waals surface area (Å²) in [5.41, 5.74) is 17.9. The molecule has 7 aromatic rings. The molecule has 6 aromatic carbocycles. The average molecular weight is 623 g/mol. The fourth-order valence-electron chi connectivity index (χ4n) is 9.14. The molecule has 0 saturated carbocycles. The largest absolute Gasteiger partial charge is 0.256 e. The monoisotopic (exact) mass is 622 g/mol. The van der Waals surface area contributed by atoms with E-state index in [-0.39, 0.29) is 17.3 Å². The zero-order valence-electron chi connectivity index (χ0n) is 26.7. The summed E-state index contributed by atoms with van der Waals surface area (Å²) in [6.07, 6.45) is 4.32. The molecule has 0 aliphatic heterocycles. The van der Waals surface area contributed by atoms with Crippen molar-refractivity contribution in [3.8, 4) is 39.6 Å². The minimum atomic E-state index is -0.364. The average Bonchev–Trinajstić information content (AvgIpc) is 3.65. The summed E-state index contributed by atoms with van der Waals surface area (Å²) in [4.78, 5) is 4.60. The fraction of sp³-hybridized carbons (Fsp3) is 0.0638. The number of pyridine rings is 1. The van der Waals surface area contributed by atoms with Gasteiger partial charge in [-0.25, -0.2) is 0 Å². The highest BCUT2D eigenvalue weighted by Crippen LogP contribution is 2.67. The van der Waals surface area contributed by atoms with Crippen LogP contribution in [0.25, 0.3) is 39.1 Å². The molecule has 2 unspecified atom stereocenters. The molecule has 3 aliphatic rings. The highest BCUT2D eigenvalue weighted by atomic mass is 14.7. The van der Waals surface area contributed by atoms with E-state index in [1.807, 2.05) is 6.07 Å². The van der Waals surface area contributed by atoms with Crippen molar-refractivity contribution in [3.63, 3.8) is 0 Å². The highest BCUT2D eigenvalue weighted by molar-refractivity contribution is 5.91. The first-order chi connectivity index (χ1) is 24.3. The van der Waals surface area contributed by atoms with Gasteiger partial charge in [0, 0.05) is 23.6 Å². The van der Waals surface area contributed by atoms with E-state index in [4.69, 9.17) is 0 Å². The van der Waals surface area contributed by atoms with Crippen LogP contribution in [0.15, 0.2) is 170 Å². The topological polar surface area (TPSA) is 36.7 Å². The maximum atomic E-state index is 9.52. The van der Waals surface area contributed by atoms with Crippen LogP contribution in [-0.2, 0) is 5.41 Å². The first-order valence-corrected chi connectivity index (χ1v) is 16.9. The molecule has 0 bridgehead atoms. The van der Waals surface area contributed by atoms with Crippen LogP contribution >= 0.6 is 0 Å². The van der Waals surface area contributed by atoms with Crippen molar-refractivity contribution in [2.75, 3.05) is 0 Å². The first kappa shape index (κ1) is 27.8. The van der Waals surface area contributed by atoms with Gasteiger partial charge in [-0.15, -0.1) is 0 Å².